The van der Waals surface area contributed by atoms with Gasteiger partial charge in [-0.3, -0.25) is 4.79 Å². The summed E-state index contributed by atoms with van der Waals surface area (Å²) in [7, 11) is 0. The van der Waals surface area contributed by atoms with Crippen molar-refractivity contribution < 1.29 is 22.4 Å². The zero-order chi connectivity index (χ0) is 18.7. The molecule has 3 aromatic rings. The molecule has 0 radical (unpaired) electrons. The maximum absolute atomic E-state index is 14.5. The molecule has 0 atom stereocenters. The molecule has 0 aliphatic rings. The molecule has 1 amide bonds. The van der Waals surface area contributed by atoms with Gasteiger partial charge in [0.25, 0.3) is 5.89 Å². The molecule has 3 rings (SSSR count). The Hall–Kier alpha value is -3.16. The quantitative estimate of drug-likeness (QED) is 0.677. The summed E-state index contributed by atoms with van der Waals surface area (Å²) < 4.78 is 44.3. The van der Waals surface area contributed by atoms with Crippen molar-refractivity contribution in [1.82, 2.24) is 10.2 Å². The predicted octanol–water partition coefficient (Wildman–Crippen LogP) is 4.37. The van der Waals surface area contributed by atoms with E-state index >= 15 is 0 Å². The maximum atomic E-state index is 14.5. The van der Waals surface area contributed by atoms with Gasteiger partial charge in [-0.1, -0.05) is 24.3 Å². The second-order valence-electron chi connectivity index (χ2n) is 5.49. The van der Waals surface area contributed by atoms with E-state index in [-0.39, 0.29) is 29.5 Å². The Morgan fingerprint density at radius 2 is 1.88 bits per heavy atom. The Kier molecular flexibility index (Phi) is 5.01. The molecular formula is C18H14F3N3O2. The van der Waals surface area contributed by atoms with Gasteiger partial charge in [0.1, 0.15) is 5.82 Å². The zero-order valence-corrected chi connectivity index (χ0v) is 13.7. The van der Waals surface area contributed by atoms with Crippen molar-refractivity contribution in [2.24, 2.45) is 0 Å². The molecule has 1 heterocycles. The number of alkyl halides is 2. The third-order valence-corrected chi connectivity index (χ3v) is 3.70. The van der Waals surface area contributed by atoms with Crippen molar-refractivity contribution in [2.75, 3.05) is 4.90 Å². The van der Waals surface area contributed by atoms with Gasteiger partial charge in [0, 0.05) is 23.7 Å². The second-order valence-corrected chi connectivity index (χ2v) is 5.49. The highest BCUT2D eigenvalue weighted by Gasteiger charge is 2.19. The van der Waals surface area contributed by atoms with Crippen LogP contribution in [-0.4, -0.2) is 16.1 Å². The van der Waals surface area contributed by atoms with E-state index in [0.29, 0.717) is 5.69 Å². The molecule has 1 aromatic heterocycles. The van der Waals surface area contributed by atoms with E-state index in [0.717, 1.165) is 6.07 Å². The first-order valence-corrected chi connectivity index (χ1v) is 7.69. The van der Waals surface area contributed by atoms with E-state index < -0.39 is 18.1 Å². The summed E-state index contributed by atoms with van der Waals surface area (Å²) in [4.78, 5) is 13.3. The fourth-order valence-corrected chi connectivity index (χ4v) is 2.41. The molecule has 0 saturated carbocycles. The highest BCUT2D eigenvalue weighted by atomic mass is 19.3. The van der Waals surface area contributed by atoms with E-state index in [1.54, 1.807) is 24.3 Å². The number of para-hydroxylation sites is 1. The molecule has 0 saturated heterocycles. The van der Waals surface area contributed by atoms with Crippen LogP contribution < -0.4 is 4.90 Å². The van der Waals surface area contributed by atoms with Crippen LogP contribution in [0.25, 0.3) is 11.5 Å². The van der Waals surface area contributed by atoms with Crippen LogP contribution in [0.1, 0.15) is 24.8 Å². The summed E-state index contributed by atoms with van der Waals surface area (Å²) in [5.74, 6) is -1.87. The van der Waals surface area contributed by atoms with Crippen molar-refractivity contribution in [1.29, 1.82) is 0 Å². The molecule has 26 heavy (non-hydrogen) atoms. The van der Waals surface area contributed by atoms with Crippen LogP contribution in [0.3, 0.4) is 0 Å². The summed E-state index contributed by atoms with van der Waals surface area (Å²) in [6.45, 7) is 1.42. The molecule has 0 N–H and O–H groups in total. The summed E-state index contributed by atoms with van der Waals surface area (Å²) in [5.41, 5.74) is 1.09. The molecule has 0 aliphatic carbocycles. The highest BCUT2D eigenvalue weighted by Crippen LogP contribution is 2.26. The molecule has 0 unspecified atom stereocenters. The molecule has 5 nitrogen and oxygen atoms in total. The molecule has 0 fully saturated rings. The monoisotopic (exact) mass is 361 g/mol. The number of benzene rings is 2. The Bertz CT molecular complexity index is 913. The van der Waals surface area contributed by atoms with E-state index in [9.17, 15) is 18.0 Å². The Balaban J connectivity index is 1.86. The molecule has 0 aliphatic heterocycles. The molecule has 8 heteroatoms. The minimum absolute atomic E-state index is 0.0254. The van der Waals surface area contributed by atoms with E-state index in [2.05, 4.69) is 10.2 Å². The fourth-order valence-electron chi connectivity index (χ4n) is 2.41. The van der Waals surface area contributed by atoms with Gasteiger partial charge in [0.05, 0.1) is 6.54 Å². The van der Waals surface area contributed by atoms with Gasteiger partial charge in [-0.05, 0) is 24.3 Å². The summed E-state index contributed by atoms with van der Waals surface area (Å²) in [6.07, 6.45) is -2.89. The maximum Gasteiger partial charge on any atom is 0.314 e. The Morgan fingerprint density at radius 3 is 2.46 bits per heavy atom. The minimum Gasteiger partial charge on any atom is -0.415 e. The number of nitrogens with zero attached hydrogens (tertiary/aromatic N) is 3. The van der Waals surface area contributed by atoms with E-state index in [1.165, 1.54) is 24.0 Å². The highest BCUT2D eigenvalue weighted by molar-refractivity contribution is 5.91. The van der Waals surface area contributed by atoms with Gasteiger partial charge in [-0.25, -0.2) is 4.39 Å². The predicted molar refractivity (Wildman–Crippen MR) is 88.0 cm³/mol. The van der Waals surface area contributed by atoms with Crippen molar-refractivity contribution in [3.63, 3.8) is 0 Å². The van der Waals surface area contributed by atoms with Crippen LogP contribution in [0.15, 0.2) is 52.9 Å². The van der Waals surface area contributed by atoms with Crippen molar-refractivity contribution in [3.05, 3.63) is 65.8 Å². The molecule has 0 spiro atoms. The number of amides is 1. The third kappa shape index (κ3) is 3.74. The average Bonchev–Trinajstić information content (AvgIpc) is 3.11. The number of aromatic nitrogens is 2. The van der Waals surface area contributed by atoms with Crippen molar-refractivity contribution in [2.45, 2.75) is 19.9 Å². The molecule has 2 aromatic carbocycles. The third-order valence-electron chi connectivity index (χ3n) is 3.70. The number of halogens is 3. The van der Waals surface area contributed by atoms with Crippen LogP contribution in [0.4, 0.5) is 18.9 Å². The van der Waals surface area contributed by atoms with Crippen molar-refractivity contribution in [3.8, 4) is 11.5 Å². The first-order valence-electron chi connectivity index (χ1n) is 7.69. The number of hydrogen-bond acceptors (Lipinski definition) is 4. The number of anilines is 1. The van der Waals surface area contributed by atoms with Crippen molar-refractivity contribution >= 4 is 11.6 Å². The lowest BCUT2D eigenvalue weighted by Gasteiger charge is -2.21. The largest absolute Gasteiger partial charge is 0.415 e. The SMILES string of the molecule is CC(=O)N(Cc1ccc(-c2nnc(C(F)F)o2)cc1F)c1ccccc1. The summed E-state index contributed by atoms with van der Waals surface area (Å²) in [6, 6.07) is 12.9. The normalized spacial score (nSPS) is 11.0. The smallest absolute Gasteiger partial charge is 0.314 e. The lowest BCUT2D eigenvalue weighted by atomic mass is 10.1. The van der Waals surface area contributed by atoms with Crippen LogP contribution in [0, 0.1) is 5.82 Å². The number of carbonyl (C=O) groups excluding carboxylic acids is 1. The summed E-state index contributed by atoms with van der Waals surface area (Å²) >= 11 is 0. The Labute approximate surface area is 147 Å². The van der Waals surface area contributed by atoms with E-state index in [1.807, 2.05) is 6.07 Å². The first kappa shape index (κ1) is 17.7. The zero-order valence-electron chi connectivity index (χ0n) is 13.7. The first-order chi connectivity index (χ1) is 12.5. The number of rotatable bonds is 5. The van der Waals surface area contributed by atoms with Gasteiger partial charge in [-0.15, -0.1) is 10.2 Å². The van der Waals surface area contributed by atoms with E-state index in [4.69, 9.17) is 4.42 Å². The minimum atomic E-state index is -2.89. The Morgan fingerprint density at radius 1 is 1.15 bits per heavy atom. The molecular weight excluding hydrogens is 347 g/mol. The second kappa shape index (κ2) is 7.38. The van der Waals surface area contributed by atoms with Gasteiger partial charge in [-0.2, -0.15) is 8.78 Å². The average molecular weight is 361 g/mol. The lowest BCUT2D eigenvalue weighted by molar-refractivity contribution is -0.116. The standard InChI is InChI=1S/C18H14F3N3O2/c1-11(25)24(14-5-3-2-4-6-14)10-13-8-7-12(9-15(13)19)17-22-23-18(26-17)16(20)21/h2-9,16H,10H2,1H3. The van der Waals surface area contributed by atoms with Crippen LogP contribution in [0.2, 0.25) is 0 Å². The van der Waals surface area contributed by atoms with Gasteiger partial charge < -0.3 is 9.32 Å². The molecule has 0 bridgehead atoms. The van der Waals surface area contributed by atoms with Gasteiger partial charge in [0.15, 0.2) is 0 Å². The fraction of sp³-hybridized carbons (Fsp3) is 0.167. The van der Waals surface area contributed by atoms with Gasteiger partial charge >= 0.3 is 6.43 Å². The molecule has 134 valence electrons. The lowest BCUT2D eigenvalue weighted by Crippen LogP contribution is -2.28. The topological polar surface area (TPSA) is 59.2 Å². The number of hydrogen-bond donors (Lipinski definition) is 0. The van der Waals surface area contributed by atoms with Gasteiger partial charge in [0.2, 0.25) is 11.8 Å². The van der Waals surface area contributed by atoms with Crippen LogP contribution >= 0.6 is 0 Å². The van der Waals surface area contributed by atoms with Crippen LogP contribution in [0.5, 0.6) is 0 Å². The summed E-state index contributed by atoms with van der Waals surface area (Å²) in [5, 5.41) is 6.70. The number of carbonyl (C=O) groups is 1. The van der Waals surface area contributed by atoms with Crippen LogP contribution in [-0.2, 0) is 11.3 Å².